The third-order valence-electron chi connectivity index (χ3n) is 5.12. The first-order valence-electron chi connectivity index (χ1n) is 9.40. The average molecular weight is 428 g/mol. The Morgan fingerprint density at radius 1 is 1.03 bits per heavy atom. The van der Waals surface area contributed by atoms with Crippen molar-refractivity contribution in [2.24, 2.45) is 0 Å². The number of aromatic nitrogens is 2. The molecule has 148 valence electrons. The van der Waals surface area contributed by atoms with Crippen molar-refractivity contribution in [3.05, 3.63) is 75.4 Å². The Morgan fingerprint density at radius 3 is 2.59 bits per heavy atom. The van der Waals surface area contributed by atoms with Crippen LogP contribution in [0, 0.1) is 0 Å². The molecule has 1 aromatic heterocycles. The molecule has 3 aromatic rings. The van der Waals surface area contributed by atoms with Crippen LogP contribution in [-0.2, 0) is 17.8 Å². The van der Waals surface area contributed by atoms with Gasteiger partial charge in [0.15, 0.2) is 5.78 Å². The van der Waals surface area contributed by atoms with E-state index in [2.05, 4.69) is 10.2 Å². The van der Waals surface area contributed by atoms with Gasteiger partial charge in [0.25, 0.3) is 0 Å². The Hall–Kier alpha value is -2.63. The Morgan fingerprint density at radius 2 is 1.83 bits per heavy atom. The molecule has 1 aliphatic rings. The lowest BCUT2D eigenvalue weighted by molar-refractivity contribution is -0.132. The molecule has 0 atom stereocenters. The molecule has 2 aromatic carbocycles. The van der Waals surface area contributed by atoms with E-state index in [1.165, 1.54) is 0 Å². The number of benzene rings is 2. The zero-order valence-corrected chi connectivity index (χ0v) is 17.1. The summed E-state index contributed by atoms with van der Waals surface area (Å²) in [5, 5.41) is 8.74. The molecule has 2 heterocycles. The van der Waals surface area contributed by atoms with Crippen LogP contribution < -0.4 is 0 Å². The number of fused-ring (bicyclic) bond motifs is 1. The van der Waals surface area contributed by atoms with Crippen molar-refractivity contribution < 1.29 is 9.59 Å². The van der Waals surface area contributed by atoms with Gasteiger partial charge in [-0.25, -0.2) is 0 Å². The van der Waals surface area contributed by atoms with Crippen LogP contribution in [0.4, 0.5) is 0 Å². The molecule has 0 aliphatic carbocycles. The minimum atomic E-state index is -0.0596. The standard InChI is InChI=1S/C22H19Cl2N3O2/c23-16-6-4-14(5-7-16)20(28)8-9-21(29)27-11-10-19-18(13-27)22(26-25-19)15-2-1-3-17(24)12-15/h1-7,12H,8-11,13H2,(H,25,26). The van der Waals surface area contributed by atoms with Gasteiger partial charge in [0, 0.05) is 64.8 Å². The number of H-pyrrole nitrogens is 1. The topological polar surface area (TPSA) is 66.1 Å². The maximum atomic E-state index is 12.7. The fourth-order valence-corrected chi connectivity index (χ4v) is 3.86. The highest BCUT2D eigenvalue weighted by Gasteiger charge is 2.26. The maximum absolute atomic E-state index is 12.7. The monoisotopic (exact) mass is 427 g/mol. The van der Waals surface area contributed by atoms with E-state index >= 15 is 0 Å². The van der Waals surface area contributed by atoms with Gasteiger partial charge in [0.2, 0.25) is 5.91 Å². The number of nitrogens with zero attached hydrogens (tertiary/aromatic N) is 2. The van der Waals surface area contributed by atoms with Crippen LogP contribution >= 0.6 is 23.2 Å². The number of carbonyl (C=O) groups is 2. The van der Waals surface area contributed by atoms with Crippen molar-refractivity contribution in [2.75, 3.05) is 6.54 Å². The van der Waals surface area contributed by atoms with Crippen LogP contribution in [0.15, 0.2) is 48.5 Å². The predicted octanol–water partition coefficient (Wildman–Crippen LogP) is 4.93. The van der Waals surface area contributed by atoms with Crippen LogP contribution in [0.3, 0.4) is 0 Å². The van der Waals surface area contributed by atoms with Crippen molar-refractivity contribution in [1.82, 2.24) is 15.1 Å². The second-order valence-electron chi connectivity index (χ2n) is 7.04. The van der Waals surface area contributed by atoms with E-state index in [-0.39, 0.29) is 24.5 Å². The number of hydrogen-bond donors (Lipinski definition) is 1. The second kappa shape index (κ2) is 8.39. The Kier molecular flexibility index (Phi) is 5.69. The Labute approximate surface area is 178 Å². The van der Waals surface area contributed by atoms with Crippen LogP contribution in [0.2, 0.25) is 10.0 Å². The van der Waals surface area contributed by atoms with Gasteiger partial charge in [0.1, 0.15) is 0 Å². The van der Waals surface area contributed by atoms with Crippen molar-refractivity contribution in [2.45, 2.75) is 25.8 Å². The summed E-state index contributed by atoms with van der Waals surface area (Å²) >= 11 is 12.0. The maximum Gasteiger partial charge on any atom is 0.223 e. The predicted molar refractivity (Wildman–Crippen MR) is 113 cm³/mol. The number of rotatable bonds is 5. The molecule has 0 saturated heterocycles. The van der Waals surface area contributed by atoms with Gasteiger partial charge in [-0.1, -0.05) is 35.3 Å². The van der Waals surface area contributed by atoms with Crippen LogP contribution in [0.1, 0.15) is 34.5 Å². The zero-order chi connectivity index (χ0) is 20.4. The molecule has 1 aliphatic heterocycles. The molecule has 0 fully saturated rings. The second-order valence-corrected chi connectivity index (χ2v) is 7.91. The van der Waals surface area contributed by atoms with E-state index in [9.17, 15) is 9.59 Å². The zero-order valence-electron chi connectivity index (χ0n) is 15.6. The molecule has 0 unspecified atom stereocenters. The van der Waals surface area contributed by atoms with Gasteiger partial charge in [-0.05, 0) is 36.4 Å². The molecule has 1 N–H and O–H groups in total. The summed E-state index contributed by atoms with van der Waals surface area (Å²) in [6.07, 6.45) is 1.07. The summed E-state index contributed by atoms with van der Waals surface area (Å²) in [6, 6.07) is 14.2. The molecular formula is C22H19Cl2N3O2. The third-order valence-corrected chi connectivity index (χ3v) is 5.60. The van der Waals surface area contributed by atoms with Gasteiger partial charge in [-0.3, -0.25) is 14.7 Å². The van der Waals surface area contributed by atoms with E-state index in [0.717, 1.165) is 22.5 Å². The quantitative estimate of drug-likeness (QED) is 0.586. The Balaban J connectivity index is 1.43. The molecule has 4 rings (SSSR count). The molecule has 1 amide bonds. The van der Waals surface area contributed by atoms with Crippen LogP contribution in [0.25, 0.3) is 11.3 Å². The minimum Gasteiger partial charge on any atom is -0.338 e. The summed E-state index contributed by atoms with van der Waals surface area (Å²) in [7, 11) is 0. The first kappa shape index (κ1) is 19.7. The van der Waals surface area contributed by atoms with Crippen molar-refractivity contribution in [1.29, 1.82) is 0 Å². The number of ketones is 1. The van der Waals surface area contributed by atoms with E-state index in [0.29, 0.717) is 35.1 Å². The van der Waals surface area contributed by atoms with Crippen molar-refractivity contribution in [3.63, 3.8) is 0 Å². The Bertz CT molecular complexity index is 1060. The molecule has 0 spiro atoms. The van der Waals surface area contributed by atoms with Gasteiger partial charge in [0.05, 0.1) is 5.69 Å². The summed E-state index contributed by atoms with van der Waals surface area (Å²) in [6.45, 7) is 1.08. The third kappa shape index (κ3) is 4.36. The number of Topliss-reactive ketones (excluding diaryl/α,β-unsaturated/α-hetero) is 1. The minimum absolute atomic E-state index is 0.0313. The SMILES string of the molecule is O=C(CCC(=O)N1CCc2[nH]nc(-c3cccc(Cl)c3)c2C1)c1ccc(Cl)cc1. The summed E-state index contributed by atoms with van der Waals surface area (Å²) < 4.78 is 0. The van der Waals surface area contributed by atoms with Gasteiger partial charge in [-0.15, -0.1) is 0 Å². The highest BCUT2D eigenvalue weighted by atomic mass is 35.5. The smallest absolute Gasteiger partial charge is 0.223 e. The fourth-order valence-electron chi connectivity index (χ4n) is 3.54. The lowest BCUT2D eigenvalue weighted by atomic mass is 10.00. The summed E-state index contributed by atoms with van der Waals surface area (Å²) in [4.78, 5) is 26.8. The molecule has 0 radical (unpaired) electrons. The first-order chi connectivity index (χ1) is 14.0. The molecule has 7 heteroatoms. The van der Waals surface area contributed by atoms with E-state index in [1.54, 1.807) is 29.2 Å². The van der Waals surface area contributed by atoms with E-state index < -0.39 is 0 Å². The van der Waals surface area contributed by atoms with Gasteiger partial charge < -0.3 is 4.90 Å². The number of amides is 1. The first-order valence-corrected chi connectivity index (χ1v) is 10.2. The lowest BCUT2D eigenvalue weighted by Gasteiger charge is -2.27. The molecular weight excluding hydrogens is 409 g/mol. The number of halogens is 2. The molecule has 5 nitrogen and oxygen atoms in total. The lowest BCUT2D eigenvalue weighted by Crippen LogP contribution is -2.36. The highest BCUT2D eigenvalue weighted by Crippen LogP contribution is 2.30. The van der Waals surface area contributed by atoms with E-state index in [1.807, 2.05) is 24.3 Å². The largest absolute Gasteiger partial charge is 0.338 e. The summed E-state index contributed by atoms with van der Waals surface area (Å²) in [5.41, 5.74) is 4.36. The number of aromatic amines is 1. The molecule has 29 heavy (non-hydrogen) atoms. The van der Waals surface area contributed by atoms with Crippen molar-refractivity contribution >= 4 is 34.9 Å². The number of nitrogens with one attached hydrogen (secondary N) is 1. The van der Waals surface area contributed by atoms with Crippen LogP contribution in [0.5, 0.6) is 0 Å². The average Bonchev–Trinajstić information content (AvgIpc) is 3.15. The normalized spacial score (nSPS) is 13.2. The molecule has 0 saturated carbocycles. The highest BCUT2D eigenvalue weighted by molar-refractivity contribution is 6.31. The molecule has 0 bridgehead atoms. The fraction of sp³-hybridized carbons (Fsp3) is 0.227. The van der Waals surface area contributed by atoms with Crippen molar-refractivity contribution in [3.8, 4) is 11.3 Å². The summed E-state index contributed by atoms with van der Waals surface area (Å²) in [5.74, 6) is -0.0909. The number of hydrogen-bond acceptors (Lipinski definition) is 3. The van der Waals surface area contributed by atoms with Gasteiger partial charge >= 0.3 is 0 Å². The van der Waals surface area contributed by atoms with Crippen LogP contribution in [-0.4, -0.2) is 33.3 Å². The number of carbonyl (C=O) groups excluding carboxylic acids is 2. The van der Waals surface area contributed by atoms with Gasteiger partial charge in [-0.2, -0.15) is 5.10 Å². The van der Waals surface area contributed by atoms with E-state index in [4.69, 9.17) is 23.2 Å².